The molecule has 1 heterocycles. The summed E-state index contributed by atoms with van der Waals surface area (Å²) in [6.07, 6.45) is -0.935. The van der Waals surface area contributed by atoms with Gasteiger partial charge in [0.05, 0.1) is 23.8 Å². The van der Waals surface area contributed by atoms with E-state index in [-0.39, 0.29) is 36.9 Å². The molecule has 11 nitrogen and oxygen atoms in total. The maximum absolute atomic E-state index is 14.5. The Balaban J connectivity index is 1.60. The van der Waals surface area contributed by atoms with Gasteiger partial charge in [-0.3, -0.25) is 4.79 Å². The van der Waals surface area contributed by atoms with E-state index < -0.39 is 39.0 Å². The maximum Gasteiger partial charge on any atom is 0.252 e. The molecule has 0 fully saturated rings. The summed E-state index contributed by atoms with van der Waals surface area (Å²) in [6, 6.07) is 27.5. The van der Waals surface area contributed by atoms with Crippen LogP contribution < -0.4 is 10.1 Å². The number of benzene rings is 4. The monoisotopic (exact) mass is 671 g/mol. The Morgan fingerprint density at radius 2 is 1.79 bits per heavy atom. The third-order valence-electron chi connectivity index (χ3n) is 7.87. The predicted molar refractivity (Wildman–Crippen MR) is 177 cm³/mol. The van der Waals surface area contributed by atoms with Crippen molar-refractivity contribution in [2.24, 2.45) is 10.1 Å². The van der Waals surface area contributed by atoms with E-state index in [1.165, 1.54) is 30.3 Å². The van der Waals surface area contributed by atoms with E-state index >= 15 is 0 Å². The molecule has 1 aliphatic heterocycles. The molecule has 0 unspecified atom stereocenters. The zero-order valence-corrected chi connectivity index (χ0v) is 26.7. The molecule has 1 amide bonds. The molecule has 4 aromatic carbocycles. The Labute approximate surface area is 277 Å². The van der Waals surface area contributed by atoms with E-state index in [4.69, 9.17) is 25.1 Å². The Morgan fingerprint density at radius 1 is 1.04 bits per heavy atom. The Kier molecular flexibility index (Phi) is 11.1. The van der Waals surface area contributed by atoms with Gasteiger partial charge in [0.1, 0.15) is 11.6 Å². The lowest BCUT2D eigenvalue weighted by Gasteiger charge is -2.31. The van der Waals surface area contributed by atoms with Crippen molar-refractivity contribution in [3.8, 4) is 5.75 Å². The molecule has 0 spiro atoms. The van der Waals surface area contributed by atoms with Crippen molar-refractivity contribution in [1.29, 1.82) is 0 Å². The van der Waals surface area contributed by atoms with E-state index in [0.717, 1.165) is 0 Å². The molecule has 248 valence electrons. The molecule has 0 bridgehead atoms. The van der Waals surface area contributed by atoms with E-state index in [1.807, 2.05) is 0 Å². The second-order valence-electron chi connectivity index (χ2n) is 11.1. The second-order valence-corrected chi connectivity index (χ2v) is 13.2. The van der Waals surface area contributed by atoms with Gasteiger partial charge in [-0.2, -0.15) is 0 Å². The summed E-state index contributed by atoms with van der Waals surface area (Å²) in [6.45, 7) is 0.211. The first-order chi connectivity index (χ1) is 23.3. The Hall–Kier alpha value is -5.23. The van der Waals surface area contributed by atoms with Crippen LogP contribution in [-0.2, 0) is 32.5 Å². The first-order valence-corrected chi connectivity index (χ1v) is 16.9. The van der Waals surface area contributed by atoms with Gasteiger partial charge in [0.25, 0.3) is 5.91 Å². The number of carbonyl (C=O) groups is 1. The first kappa shape index (κ1) is 34.1. The third-order valence-corrected chi connectivity index (χ3v) is 9.60. The number of azide groups is 1. The highest BCUT2D eigenvalue weighted by Crippen LogP contribution is 2.44. The zero-order valence-electron chi connectivity index (χ0n) is 25.9. The van der Waals surface area contributed by atoms with Gasteiger partial charge in [0.2, 0.25) is 5.90 Å². The van der Waals surface area contributed by atoms with Gasteiger partial charge in [-0.1, -0.05) is 59.7 Å². The van der Waals surface area contributed by atoms with E-state index in [9.17, 15) is 17.6 Å². The third kappa shape index (κ3) is 8.00. The number of aliphatic imine (C=N–C) groups is 1. The lowest BCUT2D eigenvalue weighted by atomic mass is 9.83. The fraction of sp³-hybridized carbons (Fsp3) is 0.257. The molecule has 0 radical (unpaired) electrons. The second kappa shape index (κ2) is 15.6. The average Bonchev–Trinajstić information content (AvgIpc) is 3.50. The summed E-state index contributed by atoms with van der Waals surface area (Å²) in [5.41, 5.74) is 9.31. The fourth-order valence-corrected chi connectivity index (χ4v) is 6.79. The van der Waals surface area contributed by atoms with Crippen molar-refractivity contribution < 1.29 is 32.2 Å². The quantitative estimate of drug-likeness (QED) is 0.0699. The number of carbonyl (C=O) groups excluding carboxylic acids is 1. The highest BCUT2D eigenvalue weighted by molar-refractivity contribution is 7.91. The lowest BCUT2D eigenvalue weighted by molar-refractivity contribution is -0.129. The predicted octanol–water partition coefficient (Wildman–Crippen LogP) is 5.83. The summed E-state index contributed by atoms with van der Waals surface area (Å²) in [5, 5.41) is 15.6. The van der Waals surface area contributed by atoms with Gasteiger partial charge in [-0.25, -0.2) is 17.8 Å². The molecule has 0 aromatic heterocycles. The minimum atomic E-state index is -3.88. The highest BCUT2D eigenvalue weighted by atomic mass is 32.2. The molecule has 4 aromatic rings. The van der Waals surface area contributed by atoms with Crippen molar-refractivity contribution in [2.75, 3.05) is 19.0 Å². The van der Waals surface area contributed by atoms with Crippen molar-refractivity contribution in [3.63, 3.8) is 0 Å². The average molecular weight is 672 g/mol. The summed E-state index contributed by atoms with van der Waals surface area (Å²) in [7, 11) is -3.88. The number of halogens is 1. The van der Waals surface area contributed by atoms with Crippen LogP contribution in [0.3, 0.4) is 0 Å². The molecule has 5 rings (SSSR count). The maximum atomic E-state index is 14.5. The molecule has 48 heavy (non-hydrogen) atoms. The molecular formula is C35H34FN5O6S. The van der Waals surface area contributed by atoms with Crippen LogP contribution in [0.15, 0.2) is 118 Å². The van der Waals surface area contributed by atoms with E-state index in [2.05, 4.69) is 15.3 Å². The normalized spacial score (nSPS) is 17.1. The van der Waals surface area contributed by atoms with Crippen LogP contribution in [0.4, 0.5) is 4.39 Å². The van der Waals surface area contributed by atoms with Crippen molar-refractivity contribution in [3.05, 3.63) is 142 Å². The minimum absolute atomic E-state index is 0.00534. The number of sulfone groups is 1. The van der Waals surface area contributed by atoms with Crippen molar-refractivity contribution in [1.82, 2.24) is 5.32 Å². The molecule has 13 heteroatoms. The minimum Gasteiger partial charge on any atom is -0.494 e. The number of nitrogens with one attached hydrogen (secondary N) is 1. The number of aliphatic hydroxyl groups is 1. The lowest BCUT2D eigenvalue weighted by Crippen LogP contribution is -2.49. The number of hydrogen-bond donors (Lipinski definition) is 2. The van der Waals surface area contributed by atoms with Gasteiger partial charge < -0.3 is 19.9 Å². The number of hydrogen-bond acceptors (Lipinski definition) is 8. The molecule has 0 saturated heterocycles. The van der Waals surface area contributed by atoms with Crippen LogP contribution in [0, 0.1) is 5.82 Å². The number of nitrogens with zero attached hydrogens (tertiary/aromatic N) is 4. The summed E-state index contributed by atoms with van der Waals surface area (Å²) < 4.78 is 53.3. The van der Waals surface area contributed by atoms with Crippen LogP contribution in [-0.4, -0.2) is 49.8 Å². The molecule has 2 N–H and O–H groups in total. The van der Waals surface area contributed by atoms with Crippen LogP contribution in [0.2, 0.25) is 0 Å². The van der Waals surface area contributed by atoms with Crippen LogP contribution in [0.25, 0.3) is 10.4 Å². The van der Waals surface area contributed by atoms with Crippen LogP contribution in [0.1, 0.15) is 41.2 Å². The summed E-state index contributed by atoms with van der Waals surface area (Å²) in [5.74, 6) is -0.897. The SMILES string of the molecule is [N-]=[N+]=NCc1ccccc1[C@H]1OC(c2ccc(OCCCO)cc2)=N[C@@]1(CCS(=O)(=O)c1ccccc1)C(=O)NCc1cccc(F)c1. The molecular weight excluding hydrogens is 637 g/mol. The first-order valence-electron chi connectivity index (χ1n) is 15.3. The van der Waals surface area contributed by atoms with E-state index in [0.29, 0.717) is 41.0 Å². The number of aliphatic hydroxyl groups excluding tert-OH is 1. The zero-order chi connectivity index (χ0) is 34.0. The van der Waals surface area contributed by atoms with Gasteiger partial charge in [0, 0.05) is 36.5 Å². The van der Waals surface area contributed by atoms with Crippen molar-refractivity contribution in [2.45, 2.75) is 42.5 Å². The molecule has 0 aliphatic carbocycles. The topological polar surface area (TPSA) is 163 Å². The molecule has 1 aliphatic rings. The Morgan fingerprint density at radius 3 is 2.52 bits per heavy atom. The highest BCUT2D eigenvalue weighted by Gasteiger charge is 2.54. The summed E-state index contributed by atoms with van der Waals surface area (Å²) >= 11 is 0. The van der Waals surface area contributed by atoms with Crippen molar-refractivity contribution >= 4 is 21.6 Å². The number of rotatable bonds is 15. The molecule has 2 atom stereocenters. The van der Waals surface area contributed by atoms with Gasteiger partial charge in [-0.05, 0) is 70.8 Å². The Bertz CT molecular complexity index is 1920. The van der Waals surface area contributed by atoms with Crippen LogP contribution in [0.5, 0.6) is 5.75 Å². The van der Waals surface area contributed by atoms with Crippen LogP contribution >= 0.6 is 0 Å². The standard InChI is InChI=1S/C35H34FN5O6S/c36-28-10-6-8-25(22-28)23-38-34(43)35(18-21-48(44,45)30-11-2-1-3-12-30)32(31-13-5-4-9-27(31)24-39-41-37)47-33(40-35)26-14-16-29(17-15-26)46-20-7-19-42/h1-6,8-17,22,32,42H,7,18-21,23-24H2,(H,38,43)/t32-,35-/m1/s1. The van der Waals surface area contributed by atoms with E-state index in [1.54, 1.807) is 72.8 Å². The molecule has 0 saturated carbocycles. The van der Waals surface area contributed by atoms with Gasteiger partial charge >= 0.3 is 0 Å². The van der Waals surface area contributed by atoms with Gasteiger partial charge in [0.15, 0.2) is 21.5 Å². The number of ether oxygens (including phenoxy) is 2. The largest absolute Gasteiger partial charge is 0.494 e. The summed E-state index contributed by atoms with van der Waals surface area (Å²) in [4.78, 5) is 22.3. The van der Waals surface area contributed by atoms with Gasteiger partial charge in [-0.15, -0.1) is 0 Å². The fourth-order valence-electron chi connectivity index (χ4n) is 5.41. The smallest absolute Gasteiger partial charge is 0.252 e. The number of amides is 1.